The number of amides is 2. The number of nitrogens with zero attached hydrogens (tertiary/aromatic N) is 1. The minimum absolute atomic E-state index is 0.132. The summed E-state index contributed by atoms with van der Waals surface area (Å²) in [4.78, 5) is 26.4. The molecule has 0 unspecified atom stereocenters. The van der Waals surface area contributed by atoms with E-state index in [0.717, 1.165) is 10.0 Å². The van der Waals surface area contributed by atoms with Gasteiger partial charge in [-0.3, -0.25) is 14.5 Å². The van der Waals surface area contributed by atoms with Gasteiger partial charge in [0.2, 0.25) is 0 Å². The van der Waals surface area contributed by atoms with Crippen LogP contribution in [0.4, 0.5) is 5.69 Å². The van der Waals surface area contributed by atoms with Crippen LogP contribution in [0.2, 0.25) is 0 Å². The Balaban J connectivity index is 1.69. The first-order chi connectivity index (χ1) is 14.4. The molecular formula is C21H19BrN2O4S2. The summed E-state index contributed by atoms with van der Waals surface area (Å²) in [5, 5.41) is 2.77. The van der Waals surface area contributed by atoms with E-state index < -0.39 is 0 Å². The van der Waals surface area contributed by atoms with E-state index in [4.69, 9.17) is 21.7 Å². The molecule has 30 heavy (non-hydrogen) atoms. The van der Waals surface area contributed by atoms with Crippen molar-refractivity contribution in [1.82, 2.24) is 4.90 Å². The molecule has 2 aromatic rings. The zero-order valence-electron chi connectivity index (χ0n) is 16.3. The number of hydrogen-bond donors (Lipinski definition) is 1. The van der Waals surface area contributed by atoms with Crippen LogP contribution in [0.15, 0.2) is 51.8 Å². The molecule has 6 nitrogen and oxygen atoms in total. The number of rotatable bonds is 7. The monoisotopic (exact) mass is 506 g/mol. The number of hydrogen-bond acceptors (Lipinski definition) is 6. The highest BCUT2D eigenvalue weighted by molar-refractivity contribution is 9.10. The van der Waals surface area contributed by atoms with Gasteiger partial charge >= 0.3 is 0 Å². The lowest BCUT2D eigenvalue weighted by molar-refractivity contribution is -0.121. The number of benzene rings is 2. The fraction of sp³-hybridized carbons (Fsp3) is 0.190. The fourth-order valence-electron chi connectivity index (χ4n) is 2.57. The van der Waals surface area contributed by atoms with Gasteiger partial charge in [0.1, 0.15) is 4.32 Å². The van der Waals surface area contributed by atoms with E-state index in [1.165, 1.54) is 16.7 Å². The van der Waals surface area contributed by atoms with Crippen LogP contribution >= 0.6 is 39.9 Å². The number of thioether (sulfide) groups is 1. The summed E-state index contributed by atoms with van der Waals surface area (Å²) >= 11 is 9.77. The lowest BCUT2D eigenvalue weighted by Gasteiger charge is -2.13. The molecule has 0 radical (unpaired) electrons. The Hall–Kier alpha value is -2.36. The second-order valence-electron chi connectivity index (χ2n) is 6.22. The van der Waals surface area contributed by atoms with Crippen molar-refractivity contribution in [2.75, 3.05) is 25.6 Å². The van der Waals surface area contributed by atoms with E-state index in [-0.39, 0.29) is 18.4 Å². The molecule has 3 rings (SSSR count). The molecule has 0 spiro atoms. The molecule has 0 atom stereocenters. The summed E-state index contributed by atoms with van der Waals surface area (Å²) in [6.45, 7) is 2.13. The third-order valence-electron chi connectivity index (χ3n) is 4.04. The van der Waals surface area contributed by atoms with Crippen molar-refractivity contribution in [2.24, 2.45) is 0 Å². The summed E-state index contributed by atoms with van der Waals surface area (Å²) in [5.41, 5.74) is 1.46. The van der Waals surface area contributed by atoms with Crippen molar-refractivity contribution >= 4 is 67.8 Å². The number of halogens is 1. The van der Waals surface area contributed by atoms with Crippen molar-refractivity contribution in [2.45, 2.75) is 6.92 Å². The van der Waals surface area contributed by atoms with Gasteiger partial charge in [-0.1, -0.05) is 46.0 Å². The van der Waals surface area contributed by atoms with Gasteiger partial charge in [-0.05, 0) is 55.0 Å². The molecule has 1 aliphatic rings. The van der Waals surface area contributed by atoms with E-state index in [9.17, 15) is 9.59 Å². The highest BCUT2D eigenvalue weighted by Gasteiger charge is 2.28. The van der Waals surface area contributed by atoms with Crippen LogP contribution < -0.4 is 14.8 Å². The molecular weight excluding hydrogens is 488 g/mol. The molecule has 0 saturated carbocycles. The van der Waals surface area contributed by atoms with Gasteiger partial charge in [0.15, 0.2) is 18.1 Å². The van der Waals surface area contributed by atoms with Crippen LogP contribution in [0.3, 0.4) is 0 Å². The van der Waals surface area contributed by atoms with Crippen molar-refractivity contribution in [3.05, 3.63) is 57.4 Å². The lowest BCUT2D eigenvalue weighted by atomic mass is 10.2. The Kier molecular flexibility index (Phi) is 7.52. The average molecular weight is 507 g/mol. The summed E-state index contributed by atoms with van der Waals surface area (Å²) in [5.74, 6) is 0.529. The molecule has 2 aromatic carbocycles. The van der Waals surface area contributed by atoms with Gasteiger partial charge in [0.25, 0.3) is 11.8 Å². The zero-order chi connectivity index (χ0) is 21.7. The number of nitrogens with one attached hydrogen (secondary N) is 1. The molecule has 1 saturated heterocycles. The Labute approximate surface area is 192 Å². The fourth-order valence-corrected chi connectivity index (χ4v) is 4.02. The van der Waals surface area contributed by atoms with E-state index in [1.54, 1.807) is 43.5 Å². The van der Waals surface area contributed by atoms with E-state index >= 15 is 0 Å². The highest BCUT2D eigenvalue weighted by atomic mass is 79.9. The Morgan fingerprint density at radius 1 is 1.20 bits per heavy atom. The second kappa shape index (κ2) is 10.1. The maximum absolute atomic E-state index is 12.2. The molecule has 1 heterocycles. The van der Waals surface area contributed by atoms with E-state index in [2.05, 4.69) is 21.2 Å². The van der Waals surface area contributed by atoms with Crippen LogP contribution in [-0.4, -0.2) is 41.3 Å². The number of carbonyl (C=O) groups is 2. The Morgan fingerprint density at radius 3 is 2.57 bits per heavy atom. The Morgan fingerprint density at radius 2 is 1.93 bits per heavy atom. The van der Waals surface area contributed by atoms with Crippen LogP contribution in [0.1, 0.15) is 12.5 Å². The average Bonchev–Trinajstić information content (AvgIpc) is 2.96. The van der Waals surface area contributed by atoms with Crippen LogP contribution in [-0.2, 0) is 9.59 Å². The van der Waals surface area contributed by atoms with Crippen LogP contribution in [0.5, 0.6) is 11.5 Å². The van der Waals surface area contributed by atoms with Gasteiger partial charge in [-0.2, -0.15) is 0 Å². The third kappa shape index (κ3) is 5.62. The molecule has 0 aromatic heterocycles. The van der Waals surface area contributed by atoms with Crippen molar-refractivity contribution in [1.29, 1.82) is 0 Å². The van der Waals surface area contributed by atoms with Crippen molar-refractivity contribution in [3.63, 3.8) is 0 Å². The molecule has 0 bridgehead atoms. The van der Waals surface area contributed by atoms with Gasteiger partial charge in [-0.15, -0.1) is 0 Å². The molecule has 156 valence electrons. The summed E-state index contributed by atoms with van der Waals surface area (Å²) in [7, 11) is 1.65. The first-order valence-corrected chi connectivity index (χ1v) is 11.1. The largest absolute Gasteiger partial charge is 0.490 e. The number of ether oxygens (including phenoxy) is 2. The second-order valence-corrected chi connectivity index (χ2v) is 8.82. The summed E-state index contributed by atoms with van der Waals surface area (Å²) in [6.07, 6.45) is 1.76. The number of likely N-dealkylation sites (N-methyl/N-ethyl adjacent to an activating group) is 1. The Bertz CT molecular complexity index is 1010. The smallest absolute Gasteiger partial charge is 0.265 e. The van der Waals surface area contributed by atoms with E-state index in [0.29, 0.717) is 33.0 Å². The normalized spacial score (nSPS) is 14.9. The molecule has 1 aliphatic heterocycles. The highest BCUT2D eigenvalue weighted by Crippen LogP contribution is 2.34. The van der Waals surface area contributed by atoms with Crippen LogP contribution in [0, 0.1) is 0 Å². The van der Waals surface area contributed by atoms with Gasteiger partial charge in [0, 0.05) is 17.2 Å². The predicted octanol–water partition coefficient (Wildman–Crippen LogP) is 4.70. The van der Waals surface area contributed by atoms with Gasteiger partial charge in [0.05, 0.1) is 11.5 Å². The molecule has 1 fully saturated rings. The molecule has 1 N–H and O–H groups in total. The summed E-state index contributed by atoms with van der Waals surface area (Å²) in [6, 6.07) is 12.6. The van der Waals surface area contributed by atoms with Crippen molar-refractivity contribution < 1.29 is 19.1 Å². The molecule has 2 amide bonds. The van der Waals surface area contributed by atoms with Gasteiger partial charge < -0.3 is 14.8 Å². The SMILES string of the molecule is CCOc1cc(C=C2SC(=S)N(C)C2=O)ccc1OCC(=O)Nc1ccc(Br)cc1. The standard InChI is InChI=1S/C21H19BrN2O4S2/c1-3-27-17-10-13(11-18-20(26)24(2)21(29)30-18)4-9-16(17)28-12-19(25)23-15-7-5-14(22)6-8-15/h4-11H,3,12H2,1-2H3,(H,23,25). The topological polar surface area (TPSA) is 67.9 Å². The van der Waals surface area contributed by atoms with Gasteiger partial charge in [-0.25, -0.2) is 0 Å². The quantitative estimate of drug-likeness (QED) is 0.433. The number of carbonyl (C=O) groups excluding carboxylic acids is 2. The molecule has 0 aliphatic carbocycles. The minimum atomic E-state index is -0.282. The predicted molar refractivity (Wildman–Crippen MR) is 127 cm³/mol. The van der Waals surface area contributed by atoms with Crippen LogP contribution in [0.25, 0.3) is 6.08 Å². The lowest BCUT2D eigenvalue weighted by Crippen LogP contribution is -2.22. The first-order valence-electron chi connectivity index (χ1n) is 9.04. The van der Waals surface area contributed by atoms with Crippen molar-refractivity contribution in [3.8, 4) is 11.5 Å². The first kappa shape index (κ1) is 22.3. The number of thiocarbonyl (C=S) groups is 1. The third-order valence-corrected chi connectivity index (χ3v) is 6.05. The summed E-state index contributed by atoms with van der Waals surface area (Å²) < 4.78 is 12.8. The van der Waals surface area contributed by atoms with E-state index in [1.807, 2.05) is 19.1 Å². The number of anilines is 1. The maximum Gasteiger partial charge on any atom is 0.265 e. The minimum Gasteiger partial charge on any atom is -0.490 e. The molecule has 9 heteroatoms. The zero-order valence-corrected chi connectivity index (χ0v) is 19.5. The maximum atomic E-state index is 12.2.